The van der Waals surface area contributed by atoms with Gasteiger partial charge in [0.05, 0.1) is 5.01 Å². The first-order valence-corrected chi connectivity index (χ1v) is 10.3. The third-order valence-corrected chi connectivity index (χ3v) is 3.01. The van der Waals surface area contributed by atoms with Crippen LogP contribution in [0.25, 0.3) is 0 Å². The maximum absolute atomic E-state index is 3.98. The van der Waals surface area contributed by atoms with Gasteiger partial charge in [-0.1, -0.05) is 83.5 Å². The molecular formula is C23H38N2S. The zero-order chi connectivity index (χ0) is 20.6. The van der Waals surface area contributed by atoms with E-state index in [-0.39, 0.29) is 0 Å². The Kier molecular flexibility index (Phi) is 28.0. The molecule has 0 aliphatic carbocycles. The van der Waals surface area contributed by atoms with Gasteiger partial charge in [0.1, 0.15) is 0 Å². The molecular weight excluding hydrogens is 336 g/mol. The molecule has 1 aromatic carbocycles. The lowest BCUT2D eigenvalue weighted by Gasteiger charge is -1.82. The van der Waals surface area contributed by atoms with E-state index in [9.17, 15) is 0 Å². The molecule has 0 radical (unpaired) electrons. The summed E-state index contributed by atoms with van der Waals surface area (Å²) in [4.78, 5) is 7.91. The second-order valence-electron chi connectivity index (χ2n) is 4.18. The number of hydrogen-bond acceptors (Lipinski definition) is 3. The summed E-state index contributed by atoms with van der Waals surface area (Å²) >= 11 is 1.67. The summed E-state index contributed by atoms with van der Waals surface area (Å²) in [5, 5.41) is 3.10. The lowest BCUT2D eigenvalue weighted by molar-refractivity contribution is 1.20. The molecule has 26 heavy (non-hydrogen) atoms. The van der Waals surface area contributed by atoms with Gasteiger partial charge in [-0.3, -0.25) is 9.97 Å². The van der Waals surface area contributed by atoms with E-state index < -0.39 is 0 Å². The van der Waals surface area contributed by atoms with Gasteiger partial charge in [0, 0.05) is 23.5 Å². The highest BCUT2D eigenvalue weighted by atomic mass is 32.1. The molecule has 0 spiro atoms. The molecule has 3 aromatic rings. The summed E-state index contributed by atoms with van der Waals surface area (Å²) in [6, 6.07) is 16.1. The zero-order valence-electron chi connectivity index (χ0n) is 18.2. The van der Waals surface area contributed by atoms with Crippen molar-refractivity contribution in [1.29, 1.82) is 0 Å². The molecule has 0 bridgehead atoms. The minimum atomic E-state index is 1.07. The second-order valence-corrected chi connectivity index (χ2v) is 5.28. The Hall–Kier alpha value is -2.00. The maximum Gasteiger partial charge on any atom is 0.0893 e. The van der Waals surface area contributed by atoms with E-state index >= 15 is 0 Å². The molecule has 2 aromatic heterocycles. The van der Waals surface area contributed by atoms with Gasteiger partial charge in [0.2, 0.25) is 0 Å². The van der Waals surface area contributed by atoms with Crippen LogP contribution in [0.4, 0.5) is 0 Å². The van der Waals surface area contributed by atoms with Crippen molar-refractivity contribution in [3.8, 4) is 0 Å². The van der Waals surface area contributed by atoms with Crippen LogP contribution in [0.1, 0.15) is 57.8 Å². The van der Waals surface area contributed by atoms with Crippen LogP contribution in [0.5, 0.6) is 0 Å². The van der Waals surface area contributed by atoms with Gasteiger partial charge in [-0.25, -0.2) is 0 Å². The van der Waals surface area contributed by atoms with E-state index in [1.807, 2.05) is 97.2 Å². The molecule has 2 nitrogen and oxygen atoms in total. The average molecular weight is 375 g/mol. The van der Waals surface area contributed by atoms with Crippen LogP contribution in [0.3, 0.4) is 0 Å². The Morgan fingerprint density at radius 3 is 1.35 bits per heavy atom. The fraction of sp³-hybridized carbons (Fsp3) is 0.391. The van der Waals surface area contributed by atoms with Crippen LogP contribution >= 0.6 is 11.3 Å². The largest absolute Gasteiger partial charge is 0.262 e. The fourth-order valence-corrected chi connectivity index (χ4v) is 1.72. The monoisotopic (exact) mass is 374 g/mol. The molecule has 0 aliphatic rings. The first-order valence-electron chi connectivity index (χ1n) is 9.44. The van der Waals surface area contributed by atoms with E-state index in [1.54, 1.807) is 23.7 Å². The Morgan fingerprint density at radius 1 is 0.615 bits per heavy atom. The van der Waals surface area contributed by atoms with Crippen LogP contribution in [0, 0.1) is 20.8 Å². The Morgan fingerprint density at radius 2 is 1.15 bits per heavy atom. The van der Waals surface area contributed by atoms with Crippen molar-refractivity contribution in [1.82, 2.24) is 9.97 Å². The van der Waals surface area contributed by atoms with Crippen LogP contribution in [-0.4, -0.2) is 9.97 Å². The van der Waals surface area contributed by atoms with Crippen LogP contribution in [-0.2, 0) is 0 Å². The molecule has 0 N–H and O–H groups in total. The van der Waals surface area contributed by atoms with Gasteiger partial charge in [0.15, 0.2) is 0 Å². The minimum absolute atomic E-state index is 1.07. The number of aromatic nitrogens is 2. The summed E-state index contributed by atoms with van der Waals surface area (Å²) < 4.78 is 0. The normalized spacial score (nSPS) is 7.42. The summed E-state index contributed by atoms with van der Waals surface area (Å²) in [7, 11) is 0. The van der Waals surface area contributed by atoms with Gasteiger partial charge in [0.25, 0.3) is 0 Å². The van der Waals surface area contributed by atoms with Crippen molar-refractivity contribution in [2.75, 3.05) is 0 Å². The van der Waals surface area contributed by atoms with Gasteiger partial charge >= 0.3 is 0 Å². The quantitative estimate of drug-likeness (QED) is 0.399. The molecule has 0 saturated carbocycles. The average Bonchev–Trinajstić information content (AvgIpc) is 3.20. The summed E-state index contributed by atoms with van der Waals surface area (Å²) in [5.74, 6) is 0. The van der Waals surface area contributed by atoms with E-state index in [1.165, 1.54) is 5.56 Å². The van der Waals surface area contributed by atoms with E-state index in [0.29, 0.717) is 0 Å². The maximum atomic E-state index is 3.98. The number of nitrogens with zero attached hydrogens (tertiary/aromatic N) is 2. The number of rotatable bonds is 0. The molecule has 146 valence electrons. The van der Waals surface area contributed by atoms with Crippen molar-refractivity contribution in [2.24, 2.45) is 0 Å². The third kappa shape index (κ3) is 22.0. The van der Waals surface area contributed by atoms with Crippen LogP contribution in [0.15, 0.2) is 66.3 Å². The highest BCUT2D eigenvalue weighted by molar-refractivity contribution is 7.09. The number of thiazole rings is 1. The SMILES string of the molecule is CC.CC.CC.Cc1ccccc1.Cc1ccccn1.Cc1nccs1. The molecule has 0 fully saturated rings. The highest BCUT2D eigenvalue weighted by Gasteiger charge is 1.76. The standard InChI is InChI=1S/C7H8.C6H7N.C4H5NS.3C2H6/c1-7-5-3-2-4-6-7;1-6-4-2-3-5-7-6;1-4-5-2-3-6-4;3*1-2/h2-6H,1H3;2-5H,1H3;2-3H,1H3;3*1-2H3. The summed E-state index contributed by atoms with van der Waals surface area (Å²) in [5.41, 5.74) is 2.39. The number of benzene rings is 1. The fourth-order valence-electron chi connectivity index (χ4n) is 1.28. The third-order valence-electron chi connectivity index (χ3n) is 2.31. The number of pyridine rings is 1. The minimum Gasteiger partial charge on any atom is -0.262 e. The number of aryl methyl sites for hydroxylation is 3. The van der Waals surface area contributed by atoms with Crippen molar-refractivity contribution >= 4 is 11.3 Å². The van der Waals surface area contributed by atoms with E-state index in [2.05, 4.69) is 29.0 Å². The smallest absolute Gasteiger partial charge is 0.0893 e. The molecule has 0 unspecified atom stereocenters. The van der Waals surface area contributed by atoms with Crippen molar-refractivity contribution in [3.05, 3.63) is 82.6 Å². The van der Waals surface area contributed by atoms with Crippen molar-refractivity contribution in [3.63, 3.8) is 0 Å². The molecule has 0 saturated heterocycles. The van der Waals surface area contributed by atoms with Gasteiger partial charge in [-0.2, -0.15) is 0 Å². The van der Waals surface area contributed by atoms with Crippen molar-refractivity contribution in [2.45, 2.75) is 62.3 Å². The van der Waals surface area contributed by atoms with E-state index in [0.717, 1.165) is 10.7 Å². The first kappa shape index (κ1) is 28.8. The molecule has 3 rings (SSSR count). The molecule has 0 aliphatic heterocycles. The highest BCUT2D eigenvalue weighted by Crippen LogP contribution is 1.98. The summed E-state index contributed by atoms with van der Waals surface area (Å²) in [6.45, 7) is 18.0. The van der Waals surface area contributed by atoms with Gasteiger partial charge < -0.3 is 0 Å². The number of hydrogen-bond donors (Lipinski definition) is 0. The molecule has 0 amide bonds. The van der Waals surface area contributed by atoms with Crippen LogP contribution in [0.2, 0.25) is 0 Å². The lowest BCUT2D eigenvalue weighted by Crippen LogP contribution is -1.72. The molecule has 2 heterocycles. The predicted octanol–water partition coefficient (Wildman–Crippen LogP) is 7.92. The molecule has 3 heteroatoms. The second kappa shape index (κ2) is 25.2. The molecule has 0 atom stereocenters. The van der Waals surface area contributed by atoms with Gasteiger partial charge in [-0.05, 0) is 32.9 Å². The van der Waals surface area contributed by atoms with Gasteiger partial charge in [-0.15, -0.1) is 11.3 Å². The first-order chi connectivity index (χ1) is 12.7. The Balaban J connectivity index is -0.000000267. The lowest BCUT2D eigenvalue weighted by atomic mass is 10.2. The van der Waals surface area contributed by atoms with Crippen LogP contribution < -0.4 is 0 Å². The predicted molar refractivity (Wildman–Crippen MR) is 121 cm³/mol. The summed E-state index contributed by atoms with van der Waals surface area (Å²) in [6.07, 6.45) is 3.59. The topological polar surface area (TPSA) is 25.8 Å². The van der Waals surface area contributed by atoms with Crippen molar-refractivity contribution < 1.29 is 0 Å². The Bertz CT molecular complexity index is 512. The zero-order valence-corrected chi connectivity index (χ0v) is 19.0. The Labute approximate surface area is 166 Å². The van der Waals surface area contributed by atoms with E-state index in [4.69, 9.17) is 0 Å².